The van der Waals surface area contributed by atoms with Crippen LogP contribution in [0.25, 0.3) is 0 Å². The second-order valence-corrected chi connectivity index (χ2v) is 4.65. The molecule has 0 saturated carbocycles. The molecule has 0 spiro atoms. The maximum Gasteiger partial charge on any atom is 0.191 e. The summed E-state index contributed by atoms with van der Waals surface area (Å²) in [5.74, 6) is 0.910. The molecular formula is C13H20N4. The van der Waals surface area contributed by atoms with Crippen molar-refractivity contribution in [3.05, 3.63) is 29.8 Å². The molecule has 1 aromatic carbocycles. The third-order valence-electron chi connectivity index (χ3n) is 2.79. The number of aliphatic imine (C=N–C) groups is 1. The highest BCUT2D eigenvalue weighted by Gasteiger charge is 2.11. The van der Waals surface area contributed by atoms with E-state index in [0.717, 1.165) is 19.0 Å². The number of guanidine groups is 1. The van der Waals surface area contributed by atoms with E-state index in [2.05, 4.69) is 65.8 Å². The zero-order valence-corrected chi connectivity index (χ0v) is 10.7. The van der Waals surface area contributed by atoms with Crippen LogP contribution in [0, 0.1) is 0 Å². The van der Waals surface area contributed by atoms with E-state index >= 15 is 0 Å². The zero-order chi connectivity index (χ0) is 12.3. The van der Waals surface area contributed by atoms with Crippen LogP contribution in [0.4, 0.5) is 5.69 Å². The van der Waals surface area contributed by atoms with E-state index in [1.165, 1.54) is 11.3 Å². The number of hydrogen-bond acceptors (Lipinski definition) is 4. The predicted molar refractivity (Wildman–Crippen MR) is 72.5 cm³/mol. The van der Waals surface area contributed by atoms with Gasteiger partial charge in [-0.25, -0.2) is 0 Å². The summed E-state index contributed by atoms with van der Waals surface area (Å²) in [6.45, 7) is 3.80. The van der Waals surface area contributed by atoms with E-state index in [1.54, 1.807) is 0 Å². The van der Waals surface area contributed by atoms with Gasteiger partial charge in [-0.3, -0.25) is 4.99 Å². The molecule has 2 N–H and O–H groups in total. The summed E-state index contributed by atoms with van der Waals surface area (Å²) in [4.78, 5) is 6.48. The average molecular weight is 232 g/mol. The molecular weight excluding hydrogens is 212 g/mol. The second-order valence-electron chi connectivity index (χ2n) is 4.65. The molecule has 1 unspecified atom stereocenters. The molecule has 92 valence electrons. The summed E-state index contributed by atoms with van der Waals surface area (Å²) >= 11 is 0. The first-order valence-electron chi connectivity index (χ1n) is 5.96. The summed E-state index contributed by atoms with van der Waals surface area (Å²) in [5, 5.41) is 6.60. The Labute approximate surface area is 103 Å². The number of anilines is 1. The summed E-state index contributed by atoms with van der Waals surface area (Å²) in [5.41, 5.74) is 2.49. The fourth-order valence-electron chi connectivity index (χ4n) is 1.79. The fourth-order valence-corrected chi connectivity index (χ4v) is 1.79. The third kappa shape index (κ3) is 3.12. The fraction of sp³-hybridized carbons (Fsp3) is 0.462. The molecule has 4 nitrogen and oxygen atoms in total. The smallest absolute Gasteiger partial charge is 0.191 e. The maximum absolute atomic E-state index is 4.37. The summed E-state index contributed by atoms with van der Waals surface area (Å²) in [7, 11) is 4.10. The Morgan fingerprint density at radius 2 is 2.29 bits per heavy atom. The lowest BCUT2D eigenvalue weighted by Gasteiger charge is -2.14. The Kier molecular flexibility index (Phi) is 3.52. The normalized spacial score (nSPS) is 18.5. The predicted octanol–water partition coefficient (Wildman–Crippen LogP) is 1.19. The van der Waals surface area contributed by atoms with Gasteiger partial charge in [0.25, 0.3) is 0 Å². The highest BCUT2D eigenvalue weighted by molar-refractivity contribution is 5.81. The van der Waals surface area contributed by atoms with Crippen LogP contribution >= 0.6 is 0 Å². The van der Waals surface area contributed by atoms with Crippen LogP contribution in [0.1, 0.15) is 12.5 Å². The van der Waals surface area contributed by atoms with Crippen molar-refractivity contribution in [3.8, 4) is 0 Å². The van der Waals surface area contributed by atoms with Gasteiger partial charge in [-0.1, -0.05) is 12.1 Å². The van der Waals surface area contributed by atoms with E-state index in [9.17, 15) is 0 Å². The summed E-state index contributed by atoms with van der Waals surface area (Å²) in [6, 6.07) is 8.95. The number of rotatable bonds is 3. The first kappa shape index (κ1) is 11.8. The van der Waals surface area contributed by atoms with Crippen molar-refractivity contribution in [1.29, 1.82) is 0 Å². The molecule has 1 aliphatic rings. The molecule has 17 heavy (non-hydrogen) atoms. The first-order chi connectivity index (χ1) is 8.15. The van der Waals surface area contributed by atoms with Crippen molar-refractivity contribution in [1.82, 2.24) is 10.6 Å². The minimum absolute atomic E-state index is 0.450. The van der Waals surface area contributed by atoms with Gasteiger partial charge in [0.05, 0.1) is 6.54 Å². The number of nitrogens with one attached hydrogen (secondary N) is 2. The van der Waals surface area contributed by atoms with Crippen molar-refractivity contribution in [2.24, 2.45) is 4.99 Å². The lowest BCUT2D eigenvalue weighted by molar-refractivity contribution is 0.713. The van der Waals surface area contributed by atoms with Gasteiger partial charge >= 0.3 is 0 Å². The maximum atomic E-state index is 4.37. The van der Waals surface area contributed by atoms with Crippen molar-refractivity contribution < 1.29 is 0 Å². The summed E-state index contributed by atoms with van der Waals surface area (Å²) < 4.78 is 0. The Morgan fingerprint density at radius 1 is 1.47 bits per heavy atom. The SMILES string of the molecule is CC1CN=C(NCc2cccc(N(C)C)c2)N1. The van der Waals surface area contributed by atoms with E-state index in [-0.39, 0.29) is 0 Å². The van der Waals surface area contributed by atoms with E-state index < -0.39 is 0 Å². The number of hydrogen-bond donors (Lipinski definition) is 2. The Hall–Kier alpha value is -1.71. The van der Waals surface area contributed by atoms with Crippen LogP contribution < -0.4 is 15.5 Å². The van der Waals surface area contributed by atoms with Gasteiger partial charge in [-0.05, 0) is 24.6 Å². The standard InChI is InChI=1S/C13H20N4/c1-10-8-14-13(16-10)15-9-11-5-4-6-12(7-11)17(2)3/h4-7,10H,8-9H2,1-3H3,(H2,14,15,16). The molecule has 1 atom stereocenters. The molecule has 1 heterocycles. The quantitative estimate of drug-likeness (QED) is 0.822. The van der Waals surface area contributed by atoms with Crippen LogP contribution in [0.5, 0.6) is 0 Å². The highest BCUT2D eigenvalue weighted by Crippen LogP contribution is 2.13. The van der Waals surface area contributed by atoms with E-state index in [4.69, 9.17) is 0 Å². The highest BCUT2D eigenvalue weighted by atomic mass is 15.2. The van der Waals surface area contributed by atoms with Gasteiger partial charge in [-0.15, -0.1) is 0 Å². The van der Waals surface area contributed by atoms with Crippen LogP contribution in [0.15, 0.2) is 29.3 Å². The molecule has 1 aromatic rings. The van der Waals surface area contributed by atoms with Crippen LogP contribution in [0.2, 0.25) is 0 Å². The van der Waals surface area contributed by atoms with Crippen molar-refractivity contribution in [3.63, 3.8) is 0 Å². The minimum Gasteiger partial charge on any atom is -0.378 e. The van der Waals surface area contributed by atoms with Gasteiger partial charge in [-0.2, -0.15) is 0 Å². The zero-order valence-electron chi connectivity index (χ0n) is 10.7. The van der Waals surface area contributed by atoms with Gasteiger partial charge in [0.2, 0.25) is 0 Å². The Balaban J connectivity index is 1.93. The van der Waals surface area contributed by atoms with Gasteiger partial charge in [0.15, 0.2) is 5.96 Å². The Morgan fingerprint density at radius 3 is 2.94 bits per heavy atom. The van der Waals surface area contributed by atoms with Crippen LogP contribution in [0.3, 0.4) is 0 Å². The van der Waals surface area contributed by atoms with Gasteiger partial charge in [0, 0.05) is 32.4 Å². The van der Waals surface area contributed by atoms with E-state index in [1.807, 2.05) is 0 Å². The number of nitrogens with zero attached hydrogens (tertiary/aromatic N) is 2. The molecule has 0 fully saturated rings. The van der Waals surface area contributed by atoms with Crippen molar-refractivity contribution >= 4 is 11.6 Å². The second kappa shape index (κ2) is 5.08. The minimum atomic E-state index is 0.450. The molecule has 2 rings (SSSR count). The molecule has 0 bridgehead atoms. The van der Waals surface area contributed by atoms with Crippen LogP contribution in [-0.4, -0.2) is 32.6 Å². The molecule has 0 aromatic heterocycles. The third-order valence-corrected chi connectivity index (χ3v) is 2.79. The Bertz CT molecular complexity index is 412. The van der Waals surface area contributed by atoms with Crippen molar-refractivity contribution in [2.75, 3.05) is 25.5 Å². The van der Waals surface area contributed by atoms with Gasteiger partial charge in [0.1, 0.15) is 0 Å². The van der Waals surface area contributed by atoms with E-state index in [0.29, 0.717) is 6.04 Å². The van der Waals surface area contributed by atoms with Crippen molar-refractivity contribution in [2.45, 2.75) is 19.5 Å². The molecule has 0 aliphatic carbocycles. The monoisotopic (exact) mass is 232 g/mol. The molecule has 1 aliphatic heterocycles. The van der Waals surface area contributed by atoms with Crippen LogP contribution in [-0.2, 0) is 6.54 Å². The molecule has 4 heteroatoms. The average Bonchev–Trinajstić information content (AvgIpc) is 2.73. The molecule has 0 amide bonds. The molecule has 0 radical (unpaired) electrons. The molecule has 0 saturated heterocycles. The lowest BCUT2D eigenvalue weighted by Crippen LogP contribution is -2.37. The topological polar surface area (TPSA) is 39.7 Å². The summed E-state index contributed by atoms with van der Waals surface area (Å²) in [6.07, 6.45) is 0. The number of benzene rings is 1. The largest absolute Gasteiger partial charge is 0.378 e. The first-order valence-corrected chi connectivity index (χ1v) is 5.96. The van der Waals surface area contributed by atoms with Gasteiger partial charge < -0.3 is 15.5 Å². The lowest BCUT2D eigenvalue weighted by atomic mass is 10.2.